The molecule has 0 aliphatic carbocycles. The molecule has 0 bridgehead atoms. The van der Waals surface area contributed by atoms with E-state index in [0.29, 0.717) is 22.4 Å². The molecule has 1 aromatic carbocycles. The largest absolute Gasteiger partial charge is 0.396 e. The lowest BCUT2D eigenvalue weighted by Crippen LogP contribution is -2.30. The number of carbonyl (C=O) groups is 1. The van der Waals surface area contributed by atoms with Crippen molar-refractivity contribution in [1.29, 1.82) is 5.41 Å². The van der Waals surface area contributed by atoms with Gasteiger partial charge >= 0.3 is 0 Å². The number of H-pyrrole nitrogens is 1. The minimum absolute atomic E-state index is 0.0294. The van der Waals surface area contributed by atoms with E-state index >= 15 is 0 Å². The van der Waals surface area contributed by atoms with E-state index in [0.717, 1.165) is 12.3 Å². The number of rotatable bonds is 6. The van der Waals surface area contributed by atoms with Gasteiger partial charge in [0.15, 0.2) is 17.3 Å². The molecule has 0 spiro atoms. The fraction of sp³-hybridized carbons (Fsp3) is 0.0800. The number of amides is 1. The molecule has 4 aromatic rings. The molecule has 3 aromatic heterocycles. The number of nitrogens with one attached hydrogen (secondary N) is 3. The number of anilines is 3. The third-order valence-corrected chi connectivity index (χ3v) is 5.53. The summed E-state index contributed by atoms with van der Waals surface area (Å²) in [6, 6.07) is 7.32. The average molecular weight is 489 g/mol. The van der Waals surface area contributed by atoms with E-state index in [1.165, 1.54) is 18.3 Å². The Bertz CT molecular complexity index is 1690. The second-order valence-electron chi connectivity index (χ2n) is 7.95. The van der Waals surface area contributed by atoms with Crippen molar-refractivity contribution in [1.82, 2.24) is 15.0 Å². The number of aliphatic imine (C=N–C) groups is 1. The summed E-state index contributed by atoms with van der Waals surface area (Å²) in [6.07, 6.45) is 2.35. The van der Waals surface area contributed by atoms with Crippen molar-refractivity contribution < 1.29 is 13.6 Å². The Kier molecular flexibility index (Phi) is 6.30. The minimum Gasteiger partial charge on any atom is -0.396 e. The number of pyridine rings is 2. The van der Waals surface area contributed by atoms with Crippen molar-refractivity contribution in [3.05, 3.63) is 75.6 Å². The number of hydrogen-bond donors (Lipinski definition) is 5. The zero-order chi connectivity index (χ0) is 26.1. The molecule has 7 N–H and O–H groups in total. The molecule has 9 nitrogen and oxygen atoms in total. The summed E-state index contributed by atoms with van der Waals surface area (Å²) in [5.41, 5.74) is 12.9. The Morgan fingerprint density at radius 2 is 2.00 bits per heavy atom. The van der Waals surface area contributed by atoms with Crippen LogP contribution >= 0.6 is 0 Å². The van der Waals surface area contributed by atoms with Crippen LogP contribution in [-0.4, -0.2) is 32.8 Å². The first-order valence-corrected chi connectivity index (χ1v) is 10.7. The van der Waals surface area contributed by atoms with Crippen molar-refractivity contribution >= 4 is 58.3 Å². The maximum absolute atomic E-state index is 14.3. The van der Waals surface area contributed by atoms with Gasteiger partial charge in [0.25, 0.3) is 5.91 Å². The van der Waals surface area contributed by atoms with E-state index in [1.54, 1.807) is 26.0 Å². The number of benzene rings is 1. The normalized spacial score (nSPS) is 12.5. The molecule has 0 radical (unpaired) electrons. The van der Waals surface area contributed by atoms with E-state index in [2.05, 4.69) is 31.8 Å². The second-order valence-corrected chi connectivity index (χ2v) is 7.95. The van der Waals surface area contributed by atoms with Crippen LogP contribution in [-0.2, 0) is 4.79 Å². The number of hydrogen-bond acceptors (Lipinski definition) is 7. The highest BCUT2D eigenvalue weighted by molar-refractivity contribution is 6.17. The number of nitrogens with two attached hydrogens (primary N) is 2. The number of aromatic amines is 1. The summed E-state index contributed by atoms with van der Waals surface area (Å²) in [7, 11) is 0. The molecular formula is C25H22F2N8O. The predicted molar refractivity (Wildman–Crippen MR) is 137 cm³/mol. The molecule has 0 unspecified atom stereocenters. The third-order valence-electron chi connectivity index (χ3n) is 5.53. The summed E-state index contributed by atoms with van der Waals surface area (Å²) in [4.78, 5) is 28.2. The number of halogens is 2. The van der Waals surface area contributed by atoms with Crippen LogP contribution in [0.3, 0.4) is 0 Å². The zero-order valence-electron chi connectivity index (χ0n) is 19.4. The fourth-order valence-electron chi connectivity index (χ4n) is 3.79. The number of aromatic nitrogens is 3. The number of carbonyl (C=O) groups excluding carboxylic acids is 1. The lowest BCUT2D eigenvalue weighted by molar-refractivity contribution is -0.113. The van der Waals surface area contributed by atoms with E-state index in [1.807, 2.05) is 0 Å². The Labute approximate surface area is 203 Å². The number of nitrogen functional groups attached to an aromatic ring is 1. The molecule has 3 heterocycles. The number of nitrogens with zero attached hydrogens (tertiary/aromatic N) is 3. The number of primary amides is 1. The van der Waals surface area contributed by atoms with E-state index in [-0.39, 0.29) is 44.7 Å². The van der Waals surface area contributed by atoms with Crippen LogP contribution in [0.4, 0.5) is 26.1 Å². The molecule has 4 rings (SSSR count). The fourth-order valence-corrected chi connectivity index (χ4v) is 3.79. The molecule has 1 amide bonds. The van der Waals surface area contributed by atoms with Crippen LogP contribution in [0.15, 0.2) is 41.5 Å². The smallest absolute Gasteiger partial charge is 0.269 e. The van der Waals surface area contributed by atoms with Crippen molar-refractivity contribution in [2.24, 2.45) is 10.7 Å². The second kappa shape index (κ2) is 9.37. The summed E-state index contributed by atoms with van der Waals surface area (Å²) < 4.78 is 28.5. The average Bonchev–Trinajstić information content (AvgIpc) is 3.15. The minimum atomic E-state index is -0.874. The highest BCUT2D eigenvalue weighted by Gasteiger charge is 2.17. The summed E-state index contributed by atoms with van der Waals surface area (Å²) >= 11 is 0. The molecule has 0 aliphatic heterocycles. The van der Waals surface area contributed by atoms with E-state index < -0.39 is 17.5 Å². The molecule has 0 fully saturated rings. The maximum Gasteiger partial charge on any atom is 0.269 e. The Hall–Kier alpha value is -4.93. The van der Waals surface area contributed by atoms with Gasteiger partial charge in [-0.1, -0.05) is 6.58 Å². The number of fused-ring (bicyclic) bond motifs is 1. The molecule has 0 saturated heterocycles. The van der Waals surface area contributed by atoms with Gasteiger partial charge in [0.1, 0.15) is 11.6 Å². The van der Waals surface area contributed by atoms with Crippen LogP contribution in [0, 0.1) is 24.0 Å². The highest BCUT2D eigenvalue weighted by Crippen LogP contribution is 2.23. The Morgan fingerprint density at radius 1 is 1.25 bits per heavy atom. The van der Waals surface area contributed by atoms with Crippen LogP contribution in [0.25, 0.3) is 23.2 Å². The SMILES string of the molecule is C=c1/c(=C(\N=C(C)c2ccc(C)nc2Nc2ncccc2F)C(N)=O)[nH]c2cc(F)c(N)c(C=N)c12. The van der Waals surface area contributed by atoms with Gasteiger partial charge in [-0.15, -0.1) is 0 Å². The summed E-state index contributed by atoms with van der Waals surface area (Å²) in [5.74, 6) is -1.93. The van der Waals surface area contributed by atoms with Crippen molar-refractivity contribution in [2.45, 2.75) is 13.8 Å². The summed E-state index contributed by atoms with van der Waals surface area (Å²) in [6.45, 7) is 7.37. The Morgan fingerprint density at radius 3 is 2.67 bits per heavy atom. The lowest BCUT2D eigenvalue weighted by atomic mass is 10.1. The molecule has 0 aliphatic rings. The van der Waals surface area contributed by atoms with Gasteiger partial charge in [-0.25, -0.2) is 23.7 Å². The van der Waals surface area contributed by atoms with Gasteiger partial charge in [-0.2, -0.15) is 0 Å². The van der Waals surface area contributed by atoms with Crippen molar-refractivity contribution in [2.75, 3.05) is 11.1 Å². The summed E-state index contributed by atoms with van der Waals surface area (Å²) in [5, 5.41) is 11.3. The molecule has 182 valence electrons. The third kappa shape index (κ3) is 4.29. The standard InChI is InChI=1S/C25H22F2N8O/c1-11-6-7-14(24(32-11)35-25-16(26)5-4-8-31-25)13(3)33-22(23(30)36)21-12(2)19-15(10-28)20(29)17(27)9-18(19)34-21/h4-10,28,34H,2,29H2,1,3H3,(H2,30,36)(H,31,32,35)/b22-21+,28-10?,33-13?. The predicted octanol–water partition coefficient (Wildman–Crippen LogP) is 2.38. The molecule has 11 heteroatoms. The van der Waals surface area contributed by atoms with Crippen LogP contribution < -0.4 is 27.4 Å². The van der Waals surface area contributed by atoms with Crippen molar-refractivity contribution in [3.8, 4) is 0 Å². The first kappa shape index (κ1) is 24.2. The van der Waals surface area contributed by atoms with Gasteiger partial charge in [0.2, 0.25) is 0 Å². The molecule has 0 saturated carbocycles. The zero-order valence-corrected chi connectivity index (χ0v) is 19.4. The monoisotopic (exact) mass is 488 g/mol. The molecule has 36 heavy (non-hydrogen) atoms. The first-order valence-electron chi connectivity index (χ1n) is 10.7. The van der Waals surface area contributed by atoms with Crippen LogP contribution in [0.5, 0.6) is 0 Å². The van der Waals surface area contributed by atoms with Crippen molar-refractivity contribution in [3.63, 3.8) is 0 Å². The maximum atomic E-state index is 14.3. The van der Waals surface area contributed by atoms with Gasteiger partial charge < -0.3 is 27.2 Å². The molecule has 0 atom stereocenters. The lowest BCUT2D eigenvalue weighted by Gasteiger charge is -2.12. The van der Waals surface area contributed by atoms with Crippen LogP contribution in [0.1, 0.15) is 23.7 Å². The van der Waals surface area contributed by atoms with Crippen LogP contribution in [0.2, 0.25) is 0 Å². The van der Waals surface area contributed by atoms with Gasteiger partial charge in [-0.05, 0) is 38.1 Å². The quantitative estimate of drug-likeness (QED) is 0.208. The van der Waals surface area contributed by atoms with E-state index in [9.17, 15) is 13.6 Å². The van der Waals surface area contributed by atoms with Gasteiger partial charge in [0.05, 0.1) is 16.6 Å². The molecular weight excluding hydrogens is 466 g/mol. The van der Waals surface area contributed by atoms with Gasteiger partial charge in [-0.3, -0.25) is 4.79 Å². The first-order chi connectivity index (χ1) is 17.1. The number of aryl methyl sites for hydroxylation is 1. The Balaban J connectivity index is 1.94. The van der Waals surface area contributed by atoms with Gasteiger partial charge in [0, 0.05) is 51.6 Å². The topological polar surface area (TPSA) is 159 Å². The van der Waals surface area contributed by atoms with E-state index in [4.69, 9.17) is 16.9 Å². The highest BCUT2D eigenvalue weighted by atomic mass is 19.1.